The maximum atomic E-state index is 5.89. The van der Waals surface area contributed by atoms with Gasteiger partial charge in [-0.3, -0.25) is 0 Å². The Morgan fingerprint density at radius 3 is 2.52 bits per heavy atom. The van der Waals surface area contributed by atoms with Gasteiger partial charge in [0.25, 0.3) is 0 Å². The molecule has 3 nitrogen and oxygen atoms in total. The molecule has 0 unspecified atom stereocenters. The molecule has 1 aliphatic rings. The molecule has 1 N–H and O–H groups in total. The smallest absolute Gasteiger partial charge is 0.122 e. The minimum absolute atomic E-state index is 0.398. The molecule has 0 aromatic heterocycles. The summed E-state index contributed by atoms with van der Waals surface area (Å²) >= 11 is 0. The highest BCUT2D eigenvalue weighted by Crippen LogP contribution is 2.18. The number of morpholine rings is 1. The molecule has 0 amide bonds. The Balaban J connectivity index is 1.63. The van der Waals surface area contributed by atoms with Gasteiger partial charge < -0.3 is 14.4 Å². The van der Waals surface area contributed by atoms with E-state index in [9.17, 15) is 0 Å². The number of rotatable bonds is 6. The van der Waals surface area contributed by atoms with Crippen molar-refractivity contribution < 1.29 is 14.4 Å². The number of quaternary nitrogens is 1. The zero-order chi connectivity index (χ0) is 15.2. The molecule has 3 heteroatoms. The summed E-state index contributed by atoms with van der Waals surface area (Å²) < 4.78 is 11.7. The van der Waals surface area contributed by atoms with E-state index >= 15 is 0 Å². The van der Waals surface area contributed by atoms with Crippen LogP contribution in [0, 0.1) is 13.8 Å². The van der Waals surface area contributed by atoms with Crippen molar-refractivity contribution in [2.45, 2.75) is 52.7 Å². The highest BCUT2D eigenvalue weighted by molar-refractivity contribution is 5.35. The first kappa shape index (κ1) is 16.3. The minimum Gasteiger partial charge on any atom is -0.493 e. The number of ether oxygens (including phenoxy) is 2. The molecule has 1 aliphatic heterocycles. The third kappa shape index (κ3) is 5.33. The molecule has 0 bridgehead atoms. The van der Waals surface area contributed by atoms with Gasteiger partial charge in [-0.15, -0.1) is 0 Å². The lowest BCUT2D eigenvalue weighted by atomic mass is 10.1. The zero-order valence-corrected chi connectivity index (χ0v) is 13.9. The Morgan fingerprint density at radius 2 is 1.86 bits per heavy atom. The summed E-state index contributed by atoms with van der Waals surface area (Å²) in [7, 11) is 0. The average Bonchev–Trinajstić information content (AvgIpc) is 2.39. The summed E-state index contributed by atoms with van der Waals surface area (Å²) in [5.41, 5.74) is 2.52. The predicted octanol–water partition coefficient (Wildman–Crippen LogP) is 2.15. The zero-order valence-electron chi connectivity index (χ0n) is 13.9. The first-order valence-corrected chi connectivity index (χ1v) is 8.23. The fourth-order valence-electron chi connectivity index (χ4n) is 3.21. The van der Waals surface area contributed by atoms with E-state index < -0.39 is 0 Å². The number of unbranched alkanes of at least 4 members (excludes halogenated alkanes) is 1. The SMILES string of the molecule is Cc1ccc(OCCCC[NH+]2C[C@H](C)O[C@@H](C)C2)c(C)c1. The highest BCUT2D eigenvalue weighted by atomic mass is 16.5. The second kappa shape index (κ2) is 7.81. The number of nitrogens with one attached hydrogen (secondary N) is 1. The summed E-state index contributed by atoms with van der Waals surface area (Å²) in [5, 5.41) is 0. The molecule has 0 aliphatic carbocycles. The van der Waals surface area contributed by atoms with Crippen molar-refractivity contribution in [2.24, 2.45) is 0 Å². The summed E-state index contributed by atoms with van der Waals surface area (Å²) in [6.07, 6.45) is 3.14. The van der Waals surface area contributed by atoms with Crippen LogP contribution in [0.25, 0.3) is 0 Å². The first-order valence-electron chi connectivity index (χ1n) is 8.23. The van der Waals surface area contributed by atoms with E-state index in [0.717, 1.165) is 31.9 Å². The van der Waals surface area contributed by atoms with Crippen LogP contribution in [0.5, 0.6) is 5.75 Å². The number of aryl methyl sites for hydroxylation is 2. The van der Waals surface area contributed by atoms with Crippen LogP contribution in [0.15, 0.2) is 18.2 Å². The van der Waals surface area contributed by atoms with Crippen molar-refractivity contribution in [1.82, 2.24) is 0 Å². The Hall–Kier alpha value is -1.06. The van der Waals surface area contributed by atoms with E-state index in [0.29, 0.717) is 12.2 Å². The molecule has 2 rings (SSSR count). The van der Waals surface area contributed by atoms with Gasteiger partial charge in [-0.1, -0.05) is 17.7 Å². The average molecular weight is 292 g/mol. The maximum Gasteiger partial charge on any atom is 0.122 e. The van der Waals surface area contributed by atoms with Crippen molar-refractivity contribution in [1.29, 1.82) is 0 Å². The van der Waals surface area contributed by atoms with Gasteiger partial charge in [0.05, 0.1) is 13.2 Å². The van der Waals surface area contributed by atoms with Gasteiger partial charge in [0.2, 0.25) is 0 Å². The molecular formula is C18H30NO2+. The van der Waals surface area contributed by atoms with E-state index in [4.69, 9.17) is 9.47 Å². The van der Waals surface area contributed by atoms with Crippen LogP contribution >= 0.6 is 0 Å². The molecule has 0 spiro atoms. The van der Waals surface area contributed by atoms with Crippen molar-refractivity contribution in [3.63, 3.8) is 0 Å². The summed E-state index contributed by atoms with van der Waals surface area (Å²) in [4.78, 5) is 1.67. The van der Waals surface area contributed by atoms with Crippen molar-refractivity contribution in [3.05, 3.63) is 29.3 Å². The van der Waals surface area contributed by atoms with Crippen LogP contribution in [0.2, 0.25) is 0 Å². The molecule has 1 aromatic rings. The molecular weight excluding hydrogens is 262 g/mol. The lowest BCUT2D eigenvalue weighted by molar-refractivity contribution is -0.915. The molecule has 1 saturated heterocycles. The van der Waals surface area contributed by atoms with Crippen LogP contribution < -0.4 is 9.64 Å². The Morgan fingerprint density at radius 1 is 1.14 bits per heavy atom. The Kier molecular flexibility index (Phi) is 6.07. The van der Waals surface area contributed by atoms with Crippen LogP contribution in [0.3, 0.4) is 0 Å². The van der Waals surface area contributed by atoms with E-state index in [1.165, 1.54) is 24.1 Å². The van der Waals surface area contributed by atoms with Gasteiger partial charge >= 0.3 is 0 Å². The minimum atomic E-state index is 0.398. The van der Waals surface area contributed by atoms with Gasteiger partial charge in [-0.05, 0) is 52.2 Å². The fourth-order valence-corrected chi connectivity index (χ4v) is 3.21. The van der Waals surface area contributed by atoms with Crippen molar-refractivity contribution in [3.8, 4) is 5.75 Å². The molecule has 2 atom stereocenters. The summed E-state index contributed by atoms with van der Waals surface area (Å²) in [5.74, 6) is 1.03. The van der Waals surface area contributed by atoms with E-state index in [2.05, 4.69) is 45.9 Å². The van der Waals surface area contributed by atoms with Crippen LogP contribution in [0.4, 0.5) is 0 Å². The fraction of sp³-hybridized carbons (Fsp3) is 0.667. The summed E-state index contributed by atoms with van der Waals surface area (Å²) in [6.45, 7) is 12.9. The number of benzene rings is 1. The Labute approximate surface area is 129 Å². The van der Waals surface area contributed by atoms with E-state index in [1.807, 2.05) is 0 Å². The van der Waals surface area contributed by atoms with Gasteiger partial charge in [0.15, 0.2) is 0 Å². The second-order valence-electron chi connectivity index (χ2n) is 6.49. The standard InChI is InChI=1S/C18H29NO2/c1-14-7-8-18(15(2)11-14)20-10-6-5-9-19-12-16(3)21-17(4)13-19/h7-8,11,16-17H,5-6,9-10,12-13H2,1-4H3/p+1/t16-,17-/m0/s1. The molecule has 118 valence electrons. The van der Waals surface area contributed by atoms with E-state index in [1.54, 1.807) is 4.90 Å². The first-order chi connectivity index (χ1) is 10.0. The molecule has 0 saturated carbocycles. The highest BCUT2D eigenvalue weighted by Gasteiger charge is 2.24. The molecule has 1 fully saturated rings. The monoisotopic (exact) mass is 292 g/mol. The lowest BCUT2D eigenvalue weighted by Gasteiger charge is -2.32. The van der Waals surface area contributed by atoms with Crippen LogP contribution in [-0.4, -0.2) is 38.4 Å². The van der Waals surface area contributed by atoms with Crippen LogP contribution in [-0.2, 0) is 4.74 Å². The lowest BCUT2D eigenvalue weighted by Crippen LogP contribution is -3.15. The van der Waals surface area contributed by atoms with Crippen molar-refractivity contribution >= 4 is 0 Å². The Bertz CT molecular complexity index is 437. The van der Waals surface area contributed by atoms with Crippen molar-refractivity contribution in [2.75, 3.05) is 26.2 Å². The summed E-state index contributed by atoms with van der Waals surface area (Å²) in [6, 6.07) is 6.38. The largest absolute Gasteiger partial charge is 0.493 e. The van der Waals surface area contributed by atoms with Gasteiger partial charge in [-0.2, -0.15) is 0 Å². The van der Waals surface area contributed by atoms with E-state index in [-0.39, 0.29) is 0 Å². The molecule has 0 radical (unpaired) electrons. The molecule has 1 aromatic carbocycles. The molecule has 21 heavy (non-hydrogen) atoms. The predicted molar refractivity (Wildman–Crippen MR) is 86.2 cm³/mol. The topological polar surface area (TPSA) is 22.9 Å². The maximum absolute atomic E-state index is 5.89. The third-order valence-electron chi connectivity index (χ3n) is 4.13. The van der Waals surface area contributed by atoms with Gasteiger partial charge in [0.1, 0.15) is 31.0 Å². The number of hydrogen-bond donors (Lipinski definition) is 1. The number of hydrogen-bond acceptors (Lipinski definition) is 2. The van der Waals surface area contributed by atoms with Crippen LogP contribution in [0.1, 0.15) is 37.8 Å². The molecule has 1 heterocycles. The van der Waals surface area contributed by atoms with Gasteiger partial charge in [0, 0.05) is 0 Å². The van der Waals surface area contributed by atoms with Gasteiger partial charge in [-0.25, -0.2) is 0 Å². The third-order valence-corrected chi connectivity index (χ3v) is 4.13. The quantitative estimate of drug-likeness (QED) is 0.812. The normalized spacial score (nSPS) is 25.8. The second-order valence-corrected chi connectivity index (χ2v) is 6.49.